The minimum absolute atomic E-state index is 0.188. The summed E-state index contributed by atoms with van der Waals surface area (Å²) in [5.41, 5.74) is 8.69. The second-order valence-corrected chi connectivity index (χ2v) is 44.8. The summed E-state index contributed by atoms with van der Waals surface area (Å²) in [5, 5.41) is 30.7. The van der Waals surface area contributed by atoms with Gasteiger partial charge in [0.05, 0.1) is 46.4 Å². The molecule has 1 atom stereocenters. The molecule has 12 fully saturated rings. The number of benzene rings is 6. The van der Waals surface area contributed by atoms with Crippen LogP contribution in [-0.2, 0) is 4.74 Å². The van der Waals surface area contributed by atoms with Crippen LogP contribution in [-0.4, -0.2) is 391 Å². The number of thioether (sulfide) groups is 2. The van der Waals surface area contributed by atoms with Gasteiger partial charge in [-0.2, -0.15) is 11.8 Å². The zero-order chi connectivity index (χ0) is 103. The highest BCUT2D eigenvalue weighted by Crippen LogP contribution is 2.42. The minimum Gasteiger partial charge on any atom is -0.379 e. The van der Waals surface area contributed by atoms with Crippen LogP contribution in [0, 0.1) is 0 Å². The predicted octanol–water partition coefficient (Wildman–Crippen LogP) is 12.9. The van der Waals surface area contributed by atoms with Gasteiger partial charge in [0.15, 0.2) is 34.7 Å². The Kier molecular flexibility index (Phi) is 45.9. The van der Waals surface area contributed by atoms with Crippen molar-refractivity contribution < 1.29 is 33.5 Å². The third kappa shape index (κ3) is 30.8. The molecule has 0 bridgehead atoms. The van der Waals surface area contributed by atoms with Gasteiger partial charge in [-0.1, -0.05) is 57.2 Å². The molecule has 802 valence electrons. The molecule has 2 saturated carbocycles. The number of nitrogens with zero attached hydrogens (tertiary/aromatic N) is 11. The number of likely N-dealkylation sites (N-methyl/N-ethyl adjacent to an activating group) is 1. The molecule has 0 aromatic heterocycles. The van der Waals surface area contributed by atoms with E-state index in [0.29, 0.717) is 31.2 Å². The van der Waals surface area contributed by atoms with E-state index in [-0.39, 0.29) is 34.2 Å². The molecule has 0 radical (unpaired) electrons. The number of hydrogen-bond donors (Lipinski definition) is 9. The first-order valence-corrected chi connectivity index (χ1v) is 58.2. The maximum absolute atomic E-state index is 13.8. The summed E-state index contributed by atoms with van der Waals surface area (Å²) in [6, 6.07) is 49.3. The maximum atomic E-state index is 13.8. The molecule has 6 aromatic rings. The summed E-state index contributed by atoms with van der Waals surface area (Å²) in [7, 11) is 2.03. The van der Waals surface area contributed by atoms with Crippen molar-refractivity contribution in [2.24, 2.45) is 0 Å². The zero-order valence-electron chi connectivity index (χ0n) is 90.5. The quantitative estimate of drug-likeness (QED) is 0.0115. The molecule has 10 saturated heterocycles. The van der Waals surface area contributed by atoms with Crippen LogP contribution in [0.5, 0.6) is 0 Å². The van der Waals surface area contributed by atoms with E-state index in [1.54, 1.807) is 11.8 Å². The molecule has 9 N–H and O–H groups in total. The van der Waals surface area contributed by atoms with Gasteiger partial charge in [-0.05, 0) is 285 Å². The largest absolute Gasteiger partial charge is 0.379 e. The number of piperazine rings is 5. The highest BCUT2D eigenvalue weighted by atomic mass is 32.2. The number of carbonyl (C=O) groups excluding carboxylic acids is 6. The molecule has 146 heavy (non-hydrogen) atoms. The van der Waals surface area contributed by atoms with Crippen LogP contribution in [0.4, 0.5) is 28.4 Å². The normalized spacial score (nSPS) is 21.0. The number of carbonyl (C=O) groups is 6. The molecule has 10 heterocycles. The molecule has 18 rings (SSSR count). The van der Waals surface area contributed by atoms with Gasteiger partial charge in [0.1, 0.15) is 0 Å². The highest BCUT2D eigenvalue weighted by Gasteiger charge is 2.49. The van der Waals surface area contributed by atoms with Crippen molar-refractivity contribution >= 4 is 86.7 Å². The van der Waals surface area contributed by atoms with Crippen LogP contribution in [0.25, 0.3) is 0 Å². The molecule has 6 aromatic carbocycles. The number of anilines is 5. The average molecular weight is 2040 g/mol. The van der Waals surface area contributed by atoms with Crippen LogP contribution < -0.4 is 72.4 Å². The number of morpholine rings is 1. The summed E-state index contributed by atoms with van der Waals surface area (Å²) < 4.78 is 5.41. The van der Waals surface area contributed by atoms with E-state index < -0.39 is 22.2 Å². The minimum atomic E-state index is -0.488. The summed E-state index contributed by atoms with van der Waals surface area (Å²) >= 11 is 3.51. The molecular formula is C117H180N20O7S2. The fourth-order valence-corrected chi connectivity index (χ4v) is 24.1. The lowest BCUT2D eigenvalue weighted by atomic mass is 9.75. The fourth-order valence-electron chi connectivity index (χ4n) is 23.3. The Bertz CT molecular complexity index is 4900. The molecule has 29 heteroatoms. The Hall–Kier alpha value is -7.86. The second-order valence-electron chi connectivity index (χ2n) is 42.9. The Labute approximate surface area is 884 Å². The van der Waals surface area contributed by atoms with Crippen molar-refractivity contribution in [2.75, 3.05) is 318 Å². The third-order valence-corrected chi connectivity index (χ3v) is 34.2. The lowest BCUT2D eigenvalue weighted by Crippen LogP contribution is -2.59. The van der Waals surface area contributed by atoms with Gasteiger partial charge in [-0.3, -0.25) is 58.2 Å². The highest BCUT2D eigenvalue weighted by molar-refractivity contribution is 7.98. The molecule has 12 aliphatic rings. The van der Waals surface area contributed by atoms with E-state index in [9.17, 15) is 28.8 Å². The van der Waals surface area contributed by atoms with Crippen molar-refractivity contribution in [1.82, 2.24) is 77.3 Å². The molecule has 0 amide bonds. The van der Waals surface area contributed by atoms with Crippen molar-refractivity contribution in [3.05, 3.63) is 192 Å². The van der Waals surface area contributed by atoms with Crippen molar-refractivity contribution in [3.8, 4) is 0 Å². The van der Waals surface area contributed by atoms with Crippen LogP contribution >= 0.6 is 23.5 Å². The summed E-state index contributed by atoms with van der Waals surface area (Å²) in [5.74, 6) is 2.56. The predicted molar refractivity (Wildman–Crippen MR) is 609 cm³/mol. The number of hydrogen-bond acceptors (Lipinski definition) is 29. The molecule has 2 aliphatic carbocycles. The van der Waals surface area contributed by atoms with Gasteiger partial charge in [0, 0.05) is 302 Å². The third-order valence-electron chi connectivity index (χ3n) is 32.9. The standard InChI is InChI=1S/C23H36N4O.C21H32N4O.C20H30N4O.C19H29N3O2.C18H29N3OS.C16H24N2OS/c28-22(20-6-8-21(9-7-20)26-16-4-12-24-14-18-26)23(10-2-1-3-11-23)27-17-5-13-25-15-19-27;1-3-9-21(4-2,25-16-12-23-13-17-25)20(26)18-5-7-19(8-6-18)24-14-10-22-11-15-24;25-19(20(7-1-2-8-20)24-15-11-22-12-16-24)17-3-5-18(6-4-17)23-13-9-21-10-14-23;1-19(2,22-12-14-24-15-13-22)18(23)16-4-6-17(7-5-16)21-10-3-8-20-9-11-21;1-18(2,20(3)13-14-23-4)17(22)15-5-7-16(8-6-15)21-11-9-19-10-12-21;1-16(2,18-11-4-9-17-10-12-18)15(19)13-5-7-14(20-3)8-6-13/h6-9,24-25H,1-5,10-19H2;3,5-8,22-23H,1,4,9-17H2,2H3;3-6,21-22H,1-2,7-16H2;4-7,20H,3,8-15H2,1-2H3;5-8,19H,9-14H2,1-4H3;5-8,17H,4,9-12H2,1-3H3. The van der Waals surface area contributed by atoms with E-state index >= 15 is 0 Å². The fraction of sp³-hybridized carbons (Fsp3) is 0.624. The van der Waals surface area contributed by atoms with E-state index in [2.05, 4.69) is 206 Å². The molecule has 10 aliphatic heterocycles. The van der Waals surface area contributed by atoms with Gasteiger partial charge >= 0.3 is 0 Å². The monoisotopic (exact) mass is 2040 g/mol. The summed E-state index contributed by atoms with van der Waals surface area (Å²) in [6.07, 6.45) is 22.2. The van der Waals surface area contributed by atoms with Crippen molar-refractivity contribution in [2.45, 2.75) is 183 Å². The van der Waals surface area contributed by atoms with Crippen molar-refractivity contribution in [3.63, 3.8) is 0 Å². The first-order chi connectivity index (χ1) is 70.9. The van der Waals surface area contributed by atoms with Crippen LogP contribution in [0.3, 0.4) is 0 Å². The second kappa shape index (κ2) is 58.1. The SMILES string of the molecule is C=CCC(CC)(C(=O)c1ccc(N2CCNCC2)cc1)N1CCNCC1.CC(C)(C(=O)c1ccc(N2CCCNCC2)cc1)N1CCOCC1.CSCCN(C)C(C)(C)C(=O)c1ccc(N2CCNCC2)cc1.CSc1ccc(C(=O)C(C)(C)N2CCCNCC2)cc1.O=C(c1ccc(N2CCCNCC2)cc1)C1(N2CCCNCC2)CCCCC1.O=C(c1ccc(N2CCNCC2)cc1)C1(N2CCNCC2)CCCC1. The number of nitrogens with one attached hydrogen (secondary N) is 9. The zero-order valence-corrected chi connectivity index (χ0v) is 92.2. The Morgan fingerprint density at radius 2 is 0.637 bits per heavy atom. The van der Waals surface area contributed by atoms with Crippen LogP contribution in [0.1, 0.15) is 207 Å². The van der Waals surface area contributed by atoms with Gasteiger partial charge in [0.25, 0.3) is 0 Å². The molecule has 1 unspecified atom stereocenters. The van der Waals surface area contributed by atoms with Crippen LogP contribution in [0.2, 0.25) is 0 Å². The summed E-state index contributed by atoms with van der Waals surface area (Å²) in [4.78, 5) is 107. The number of Topliss-reactive ketones (excluding diaryl/α,β-unsaturated/α-hetero) is 6. The molecule has 27 nitrogen and oxygen atoms in total. The van der Waals surface area contributed by atoms with Crippen molar-refractivity contribution in [1.29, 1.82) is 0 Å². The topological polar surface area (TPSA) is 256 Å². The average Bonchev–Trinajstić information content (AvgIpc) is 1.64. The summed E-state index contributed by atoms with van der Waals surface area (Å²) in [6.45, 7) is 58.6. The van der Waals surface area contributed by atoms with Gasteiger partial charge in [-0.25, -0.2) is 0 Å². The lowest BCUT2D eigenvalue weighted by molar-refractivity contribution is -0.00430. The van der Waals surface area contributed by atoms with E-state index in [0.717, 1.165) is 346 Å². The first-order valence-electron chi connectivity index (χ1n) is 55.6. The number of rotatable bonds is 30. The lowest BCUT2D eigenvalue weighted by Gasteiger charge is -2.45. The Balaban J connectivity index is 0.000000147. The van der Waals surface area contributed by atoms with Crippen LogP contribution in [0.15, 0.2) is 163 Å². The Morgan fingerprint density at radius 1 is 0.342 bits per heavy atom. The van der Waals surface area contributed by atoms with Gasteiger partial charge < -0.3 is 77.1 Å². The Morgan fingerprint density at radius 3 is 1.00 bits per heavy atom. The smallest absolute Gasteiger partial charge is 0.183 e. The maximum Gasteiger partial charge on any atom is 0.183 e. The molecular weight excluding hydrogens is 1860 g/mol. The first kappa shape index (κ1) is 115. The number of ketones is 6. The van der Waals surface area contributed by atoms with Gasteiger partial charge in [0.2, 0.25) is 0 Å². The van der Waals surface area contributed by atoms with Gasteiger partial charge in [-0.15, -0.1) is 18.3 Å². The number of ether oxygens (including phenoxy) is 1. The van der Waals surface area contributed by atoms with E-state index in [1.165, 1.54) is 71.9 Å². The van der Waals surface area contributed by atoms with E-state index in [1.807, 2.05) is 133 Å². The van der Waals surface area contributed by atoms with E-state index in [4.69, 9.17) is 4.74 Å². The molecule has 0 spiro atoms.